The number of hydrogen-bond donors (Lipinski definition) is 2. The summed E-state index contributed by atoms with van der Waals surface area (Å²) >= 11 is 0. The van der Waals surface area contributed by atoms with E-state index < -0.39 is 0 Å². The second kappa shape index (κ2) is 7.99. The molecule has 0 spiro atoms. The number of nitrogens with zero attached hydrogens (tertiary/aromatic N) is 1. The minimum atomic E-state index is -0.0791. The van der Waals surface area contributed by atoms with E-state index in [2.05, 4.69) is 37.9 Å². The van der Waals surface area contributed by atoms with E-state index in [-0.39, 0.29) is 17.4 Å². The Morgan fingerprint density at radius 1 is 1.40 bits per heavy atom. The number of amides is 1. The van der Waals surface area contributed by atoms with Gasteiger partial charge in [0.2, 0.25) is 5.91 Å². The largest absolute Gasteiger partial charge is 0.356 e. The smallest absolute Gasteiger partial charge is 0.221 e. The fourth-order valence-electron chi connectivity index (χ4n) is 2.58. The van der Waals surface area contributed by atoms with Gasteiger partial charge in [-0.1, -0.05) is 27.2 Å². The summed E-state index contributed by atoms with van der Waals surface area (Å²) in [6.45, 7) is 11.6. The second-order valence-corrected chi connectivity index (χ2v) is 7.26. The van der Waals surface area contributed by atoms with Crippen molar-refractivity contribution in [2.24, 2.45) is 11.1 Å². The Bertz CT molecular complexity index is 299. The molecule has 3 N–H and O–H groups in total. The van der Waals surface area contributed by atoms with Crippen molar-refractivity contribution in [1.82, 2.24) is 10.2 Å². The van der Waals surface area contributed by atoms with E-state index in [1.165, 1.54) is 25.8 Å². The molecule has 0 aromatic rings. The Balaban J connectivity index is 2.13. The Hall–Kier alpha value is -0.610. The van der Waals surface area contributed by atoms with Crippen LogP contribution in [-0.2, 0) is 4.79 Å². The van der Waals surface area contributed by atoms with Crippen LogP contribution in [-0.4, -0.2) is 42.5 Å². The van der Waals surface area contributed by atoms with Gasteiger partial charge in [0.1, 0.15) is 0 Å². The van der Waals surface area contributed by atoms with Crippen molar-refractivity contribution in [2.45, 2.75) is 71.9 Å². The SMILES string of the molecule is CC1CCCCN1CCCNC(=O)CC(N)C(C)(C)C. The third-order valence-electron chi connectivity index (χ3n) is 4.40. The molecule has 0 radical (unpaired) electrons. The fraction of sp³-hybridized carbons (Fsp3) is 0.938. The molecule has 4 heteroatoms. The van der Waals surface area contributed by atoms with Crippen molar-refractivity contribution in [3.63, 3.8) is 0 Å². The highest BCUT2D eigenvalue weighted by Crippen LogP contribution is 2.19. The van der Waals surface area contributed by atoms with E-state index in [4.69, 9.17) is 5.73 Å². The summed E-state index contributed by atoms with van der Waals surface area (Å²) in [5, 5.41) is 2.99. The average Bonchev–Trinajstić information content (AvgIpc) is 2.35. The zero-order valence-electron chi connectivity index (χ0n) is 13.7. The quantitative estimate of drug-likeness (QED) is 0.734. The van der Waals surface area contributed by atoms with Crippen LogP contribution in [0, 0.1) is 5.41 Å². The number of nitrogens with one attached hydrogen (secondary N) is 1. The van der Waals surface area contributed by atoms with Gasteiger partial charge in [0.15, 0.2) is 0 Å². The normalized spacial score (nSPS) is 22.6. The van der Waals surface area contributed by atoms with Gasteiger partial charge in [-0.2, -0.15) is 0 Å². The number of carbonyl (C=O) groups is 1. The van der Waals surface area contributed by atoms with Gasteiger partial charge in [0.05, 0.1) is 0 Å². The summed E-state index contributed by atoms with van der Waals surface area (Å²) in [4.78, 5) is 14.3. The number of carbonyl (C=O) groups excluding carboxylic acids is 1. The highest BCUT2D eigenvalue weighted by atomic mass is 16.1. The predicted octanol–water partition coefficient (Wildman–Crippen LogP) is 2.13. The van der Waals surface area contributed by atoms with Crippen LogP contribution in [0.25, 0.3) is 0 Å². The second-order valence-electron chi connectivity index (χ2n) is 7.26. The molecule has 1 rings (SSSR count). The molecule has 0 saturated carbocycles. The Labute approximate surface area is 124 Å². The zero-order chi connectivity index (χ0) is 15.2. The summed E-state index contributed by atoms with van der Waals surface area (Å²) in [6, 6.07) is 0.624. The summed E-state index contributed by atoms with van der Waals surface area (Å²) in [6.07, 6.45) is 5.44. The van der Waals surface area contributed by atoms with Gasteiger partial charge in [0, 0.05) is 31.6 Å². The first-order valence-electron chi connectivity index (χ1n) is 8.07. The molecule has 0 aromatic carbocycles. The molecule has 1 aliphatic heterocycles. The number of rotatable bonds is 6. The maximum atomic E-state index is 11.8. The summed E-state index contributed by atoms with van der Waals surface area (Å²) in [7, 11) is 0. The maximum absolute atomic E-state index is 11.8. The van der Waals surface area contributed by atoms with E-state index >= 15 is 0 Å². The Kier molecular flexibility index (Phi) is 6.96. The van der Waals surface area contributed by atoms with E-state index in [0.717, 1.165) is 19.5 Å². The van der Waals surface area contributed by atoms with Gasteiger partial charge in [-0.15, -0.1) is 0 Å². The molecule has 1 amide bonds. The van der Waals surface area contributed by atoms with Crippen molar-refractivity contribution in [2.75, 3.05) is 19.6 Å². The van der Waals surface area contributed by atoms with Gasteiger partial charge in [-0.25, -0.2) is 0 Å². The standard InChI is InChI=1S/C16H33N3O/c1-13-8-5-6-10-19(13)11-7-9-18-15(20)12-14(17)16(2,3)4/h13-14H,5-12,17H2,1-4H3,(H,18,20). The Morgan fingerprint density at radius 3 is 2.70 bits per heavy atom. The molecule has 4 nitrogen and oxygen atoms in total. The van der Waals surface area contributed by atoms with Crippen LogP contribution < -0.4 is 11.1 Å². The minimum absolute atomic E-state index is 0.0133. The third kappa shape index (κ3) is 6.23. The maximum Gasteiger partial charge on any atom is 0.221 e. The van der Waals surface area contributed by atoms with Crippen molar-refractivity contribution in [1.29, 1.82) is 0 Å². The molecular formula is C16H33N3O. The lowest BCUT2D eigenvalue weighted by Crippen LogP contribution is -2.41. The van der Waals surface area contributed by atoms with Crippen LogP contribution in [0.4, 0.5) is 0 Å². The highest BCUT2D eigenvalue weighted by Gasteiger charge is 2.23. The van der Waals surface area contributed by atoms with E-state index in [0.29, 0.717) is 12.5 Å². The van der Waals surface area contributed by atoms with Crippen molar-refractivity contribution in [3.05, 3.63) is 0 Å². The Morgan fingerprint density at radius 2 is 2.10 bits per heavy atom. The molecule has 1 fully saturated rings. The highest BCUT2D eigenvalue weighted by molar-refractivity contribution is 5.76. The topological polar surface area (TPSA) is 58.4 Å². The van der Waals surface area contributed by atoms with Crippen molar-refractivity contribution < 1.29 is 4.79 Å². The molecule has 118 valence electrons. The summed E-state index contributed by atoms with van der Waals surface area (Å²) < 4.78 is 0. The van der Waals surface area contributed by atoms with Gasteiger partial charge in [-0.3, -0.25) is 4.79 Å². The van der Waals surface area contributed by atoms with Gasteiger partial charge in [0.25, 0.3) is 0 Å². The summed E-state index contributed by atoms with van der Waals surface area (Å²) in [5.41, 5.74) is 6.01. The fourth-order valence-corrected chi connectivity index (χ4v) is 2.58. The van der Waals surface area contributed by atoms with Gasteiger partial charge < -0.3 is 16.0 Å². The molecule has 1 heterocycles. The monoisotopic (exact) mass is 283 g/mol. The van der Waals surface area contributed by atoms with Crippen LogP contribution in [0.3, 0.4) is 0 Å². The molecule has 1 aliphatic rings. The van der Waals surface area contributed by atoms with Gasteiger partial charge in [-0.05, 0) is 38.1 Å². The number of nitrogens with two attached hydrogens (primary N) is 1. The van der Waals surface area contributed by atoms with Crippen molar-refractivity contribution >= 4 is 5.91 Å². The first-order valence-corrected chi connectivity index (χ1v) is 8.07. The van der Waals surface area contributed by atoms with E-state index in [1.807, 2.05) is 0 Å². The zero-order valence-corrected chi connectivity index (χ0v) is 13.7. The molecule has 2 unspecified atom stereocenters. The number of piperidine rings is 1. The van der Waals surface area contributed by atoms with E-state index in [1.54, 1.807) is 0 Å². The number of hydrogen-bond acceptors (Lipinski definition) is 3. The van der Waals surface area contributed by atoms with Crippen LogP contribution in [0.2, 0.25) is 0 Å². The van der Waals surface area contributed by atoms with Crippen LogP contribution >= 0.6 is 0 Å². The minimum Gasteiger partial charge on any atom is -0.356 e. The molecule has 0 bridgehead atoms. The van der Waals surface area contributed by atoms with Crippen LogP contribution in [0.1, 0.15) is 59.8 Å². The first-order chi connectivity index (χ1) is 9.30. The third-order valence-corrected chi connectivity index (χ3v) is 4.40. The first kappa shape index (κ1) is 17.4. The molecule has 20 heavy (non-hydrogen) atoms. The molecule has 0 aromatic heterocycles. The molecule has 1 saturated heterocycles. The number of likely N-dealkylation sites (tertiary alicyclic amines) is 1. The molecule has 0 aliphatic carbocycles. The van der Waals surface area contributed by atoms with Crippen molar-refractivity contribution in [3.8, 4) is 0 Å². The van der Waals surface area contributed by atoms with Gasteiger partial charge >= 0.3 is 0 Å². The molecular weight excluding hydrogens is 250 g/mol. The lowest BCUT2D eigenvalue weighted by molar-refractivity contribution is -0.121. The average molecular weight is 283 g/mol. The molecule has 2 atom stereocenters. The summed E-state index contributed by atoms with van der Waals surface area (Å²) in [5.74, 6) is 0.0825. The lowest BCUT2D eigenvalue weighted by atomic mass is 9.85. The lowest BCUT2D eigenvalue weighted by Gasteiger charge is -2.33. The van der Waals surface area contributed by atoms with Crippen LogP contribution in [0.5, 0.6) is 0 Å². The van der Waals surface area contributed by atoms with E-state index in [9.17, 15) is 4.79 Å². The van der Waals surface area contributed by atoms with Crippen LogP contribution in [0.15, 0.2) is 0 Å². The predicted molar refractivity (Wildman–Crippen MR) is 84.6 cm³/mol.